The highest BCUT2D eigenvalue weighted by Crippen LogP contribution is 2.09. The molecule has 0 rings (SSSR count). The summed E-state index contributed by atoms with van der Waals surface area (Å²) in [5, 5.41) is 6.74. The molecular weight excluding hydrogens is 282 g/mol. The Morgan fingerprint density at radius 1 is 1.00 bits per heavy atom. The van der Waals surface area contributed by atoms with Crippen LogP contribution in [0.5, 0.6) is 0 Å². The maximum Gasteiger partial charge on any atom is 0.410 e. The molecule has 0 saturated heterocycles. The Balaban J connectivity index is 4.07. The fourth-order valence-corrected chi connectivity index (χ4v) is 1.69. The molecule has 0 spiro atoms. The van der Waals surface area contributed by atoms with Gasteiger partial charge in [0.2, 0.25) is 0 Å². The van der Waals surface area contributed by atoms with Crippen LogP contribution in [0.3, 0.4) is 0 Å². The minimum absolute atomic E-state index is 0.128. The van der Waals surface area contributed by atoms with Gasteiger partial charge in [0.25, 0.3) is 0 Å². The topological polar surface area (TPSA) is 62.8 Å². The molecule has 0 atom stereocenters. The average Bonchev–Trinajstić information content (AvgIpc) is 2.33. The third kappa shape index (κ3) is 12.9. The molecule has 0 heterocycles. The number of carbonyl (C=O) groups excluding carboxylic acids is 1. The van der Waals surface area contributed by atoms with Crippen molar-refractivity contribution in [2.45, 2.75) is 52.7 Å². The van der Waals surface area contributed by atoms with Crippen LogP contribution in [-0.4, -0.2) is 68.6 Å². The van der Waals surface area contributed by atoms with Crippen molar-refractivity contribution in [1.29, 1.82) is 0 Å². The first-order valence-corrected chi connectivity index (χ1v) is 7.98. The Morgan fingerprint density at radius 3 is 2.14 bits per heavy atom. The van der Waals surface area contributed by atoms with E-state index in [1.807, 2.05) is 20.8 Å². The summed E-state index contributed by atoms with van der Waals surface area (Å²) in [6.45, 7) is 16.2. The van der Waals surface area contributed by atoms with Crippen LogP contribution in [0.2, 0.25) is 0 Å². The number of amides is 1. The van der Waals surface area contributed by atoms with Crippen LogP contribution < -0.4 is 10.6 Å². The van der Waals surface area contributed by atoms with E-state index in [4.69, 9.17) is 9.47 Å². The molecule has 132 valence electrons. The number of hydrogen-bond donors (Lipinski definition) is 2. The first-order chi connectivity index (χ1) is 10.0. The number of rotatable bonds is 9. The molecule has 0 aliphatic heterocycles. The van der Waals surface area contributed by atoms with Crippen LogP contribution in [0.15, 0.2) is 0 Å². The Morgan fingerprint density at radius 2 is 1.64 bits per heavy atom. The lowest BCUT2D eigenvalue weighted by atomic mass is 10.1. The number of carbonyl (C=O) groups is 1. The normalized spacial score (nSPS) is 12.3. The third-order valence-corrected chi connectivity index (χ3v) is 2.73. The monoisotopic (exact) mass is 317 g/mol. The second-order valence-corrected chi connectivity index (χ2v) is 7.39. The zero-order valence-electron chi connectivity index (χ0n) is 15.4. The molecule has 6 nitrogen and oxygen atoms in total. The van der Waals surface area contributed by atoms with Crippen LogP contribution in [0.1, 0.15) is 41.5 Å². The summed E-state index contributed by atoms with van der Waals surface area (Å²) >= 11 is 0. The number of hydrogen-bond acceptors (Lipinski definition) is 5. The van der Waals surface area contributed by atoms with E-state index in [1.165, 1.54) is 0 Å². The molecule has 0 aromatic carbocycles. The van der Waals surface area contributed by atoms with Gasteiger partial charge < -0.3 is 25.0 Å². The zero-order valence-corrected chi connectivity index (χ0v) is 15.4. The second kappa shape index (κ2) is 10.0. The van der Waals surface area contributed by atoms with Crippen molar-refractivity contribution in [2.75, 3.05) is 46.4 Å². The molecule has 1 amide bonds. The van der Waals surface area contributed by atoms with Crippen molar-refractivity contribution in [1.82, 2.24) is 15.5 Å². The predicted molar refractivity (Wildman–Crippen MR) is 90.3 cm³/mol. The summed E-state index contributed by atoms with van der Waals surface area (Å²) in [5.41, 5.74) is -0.352. The van der Waals surface area contributed by atoms with Gasteiger partial charge in [-0.25, -0.2) is 4.79 Å². The molecule has 0 saturated carbocycles. The average molecular weight is 317 g/mol. The van der Waals surface area contributed by atoms with Gasteiger partial charge in [-0.1, -0.05) is 0 Å². The van der Waals surface area contributed by atoms with Crippen molar-refractivity contribution in [3.63, 3.8) is 0 Å². The predicted octanol–water partition coefficient (Wildman–Crippen LogP) is 1.85. The van der Waals surface area contributed by atoms with E-state index in [1.54, 1.807) is 12.0 Å². The van der Waals surface area contributed by atoms with Crippen molar-refractivity contribution in [3.05, 3.63) is 0 Å². The standard InChI is InChI=1S/C16H35N3O3/c1-15(2,3)18-9-8-17-10-11-19(12-13-21-7)14(20)22-16(4,5)6/h17-18H,8-13H2,1-7H3. The van der Waals surface area contributed by atoms with Crippen LogP contribution >= 0.6 is 0 Å². The number of nitrogens with one attached hydrogen (secondary N) is 2. The molecule has 0 bridgehead atoms. The molecule has 0 aromatic rings. The summed E-state index contributed by atoms with van der Waals surface area (Å²) in [5.74, 6) is 0. The number of nitrogens with zero attached hydrogens (tertiary/aromatic N) is 1. The largest absolute Gasteiger partial charge is 0.444 e. The van der Waals surface area contributed by atoms with Gasteiger partial charge in [-0.05, 0) is 41.5 Å². The van der Waals surface area contributed by atoms with Crippen molar-refractivity contribution in [2.24, 2.45) is 0 Å². The summed E-state index contributed by atoms with van der Waals surface area (Å²) in [4.78, 5) is 13.8. The molecule has 6 heteroatoms. The van der Waals surface area contributed by atoms with Gasteiger partial charge >= 0.3 is 6.09 Å². The Bertz CT molecular complexity index is 309. The molecule has 0 unspecified atom stereocenters. The van der Waals surface area contributed by atoms with Crippen molar-refractivity contribution < 1.29 is 14.3 Å². The van der Waals surface area contributed by atoms with Gasteiger partial charge in [0.1, 0.15) is 5.60 Å². The van der Waals surface area contributed by atoms with Gasteiger partial charge in [-0.15, -0.1) is 0 Å². The van der Waals surface area contributed by atoms with E-state index in [9.17, 15) is 4.79 Å². The van der Waals surface area contributed by atoms with Crippen LogP contribution in [0.25, 0.3) is 0 Å². The van der Waals surface area contributed by atoms with Crippen LogP contribution in [-0.2, 0) is 9.47 Å². The fraction of sp³-hybridized carbons (Fsp3) is 0.938. The smallest absolute Gasteiger partial charge is 0.410 e. The minimum Gasteiger partial charge on any atom is -0.444 e. The lowest BCUT2D eigenvalue weighted by Gasteiger charge is -2.27. The summed E-state index contributed by atoms with van der Waals surface area (Å²) in [7, 11) is 1.63. The SMILES string of the molecule is COCCN(CCNCCNC(C)(C)C)C(=O)OC(C)(C)C. The molecule has 0 fully saturated rings. The van der Waals surface area contributed by atoms with E-state index in [2.05, 4.69) is 31.4 Å². The molecule has 0 aromatic heterocycles. The first-order valence-electron chi connectivity index (χ1n) is 7.98. The maximum absolute atomic E-state index is 12.1. The quantitative estimate of drug-likeness (QED) is 0.636. The Kier molecular flexibility index (Phi) is 9.64. The summed E-state index contributed by atoms with van der Waals surface area (Å²) in [6.07, 6.45) is -0.292. The van der Waals surface area contributed by atoms with Crippen LogP contribution in [0, 0.1) is 0 Å². The number of ether oxygens (including phenoxy) is 2. The third-order valence-electron chi connectivity index (χ3n) is 2.73. The van der Waals surface area contributed by atoms with E-state index in [0.29, 0.717) is 19.7 Å². The Hall–Kier alpha value is -0.850. The highest BCUT2D eigenvalue weighted by atomic mass is 16.6. The van der Waals surface area contributed by atoms with Crippen LogP contribution in [0.4, 0.5) is 4.79 Å². The lowest BCUT2D eigenvalue weighted by molar-refractivity contribution is 0.0204. The second-order valence-electron chi connectivity index (χ2n) is 7.39. The fourth-order valence-electron chi connectivity index (χ4n) is 1.69. The molecule has 22 heavy (non-hydrogen) atoms. The summed E-state index contributed by atoms with van der Waals surface area (Å²) in [6, 6.07) is 0. The van der Waals surface area contributed by atoms with Gasteiger partial charge in [-0.2, -0.15) is 0 Å². The van der Waals surface area contributed by atoms with E-state index in [0.717, 1.165) is 19.6 Å². The molecule has 0 aliphatic carbocycles. The van der Waals surface area contributed by atoms with Crippen molar-refractivity contribution in [3.8, 4) is 0 Å². The highest BCUT2D eigenvalue weighted by Gasteiger charge is 2.21. The van der Waals surface area contributed by atoms with E-state index in [-0.39, 0.29) is 11.6 Å². The Labute approximate surface area is 135 Å². The van der Waals surface area contributed by atoms with Gasteiger partial charge in [0.05, 0.1) is 6.61 Å². The molecular formula is C16H35N3O3. The molecule has 0 radical (unpaired) electrons. The molecule has 0 aliphatic rings. The minimum atomic E-state index is -0.480. The van der Waals surface area contributed by atoms with Gasteiger partial charge in [0, 0.05) is 45.4 Å². The van der Waals surface area contributed by atoms with E-state index >= 15 is 0 Å². The van der Waals surface area contributed by atoms with Gasteiger partial charge in [-0.3, -0.25) is 0 Å². The van der Waals surface area contributed by atoms with Crippen molar-refractivity contribution >= 4 is 6.09 Å². The highest BCUT2D eigenvalue weighted by molar-refractivity contribution is 5.68. The molecule has 2 N–H and O–H groups in total. The maximum atomic E-state index is 12.1. The number of methoxy groups -OCH3 is 1. The zero-order chi connectivity index (χ0) is 17.2. The van der Waals surface area contributed by atoms with Gasteiger partial charge in [0.15, 0.2) is 0 Å². The van der Waals surface area contributed by atoms with E-state index < -0.39 is 5.60 Å². The summed E-state index contributed by atoms with van der Waals surface area (Å²) < 4.78 is 10.5. The first kappa shape index (κ1) is 21.1. The lowest BCUT2D eigenvalue weighted by Crippen LogP contribution is -2.44.